The average Bonchev–Trinajstić information content (AvgIpc) is 1.00. The molecular weight excluding hydrogens is 89.9 g/mol. The topological polar surface area (TPSA) is 40.5 Å². The summed E-state index contributed by atoms with van der Waals surface area (Å²) < 4.78 is 0. The standard InChI is InChI=1S/Li.H2O2.V.H/c;1-2;;/h;1-2H;;/q+1;;;-1. The Hall–Kier alpha value is 1.10. The van der Waals surface area contributed by atoms with Gasteiger partial charge < -0.3 is 1.43 Å². The Morgan fingerprint density at radius 3 is 1.25 bits per heavy atom. The number of hydrogen-bond acceptors (Lipinski definition) is 2. The Bertz CT molecular complexity index is 9.61. The SMILES string of the molecule is OO.[H-].[Li+].[V]. The van der Waals surface area contributed by atoms with Crippen LogP contribution in [0.2, 0.25) is 0 Å². The summed E-state index contributed by atoms with van der Waals surface area (Å²) in [7, 11) is 0. The molecule has 0 amide bonds. The molecule has 0 bridgehead atoms. The van der Waals surface area contributed by atoms with E-state index >= 15 is 0 Å². The zero-order valence-corrected chi connectivity index (χ0v) is 3.74. The number of rotatable bonds is 0. The Morgan fingerprint density at radius 2 is 1.25 bits per heavy atom. The first-order valence-electron chi connectivity index (χ1n) is 0.200. The first-order valence-corrected chi connectivity index (χ1v) is 0.200. The van der Waals surface area contributed by atoms with Crippen LogP contribution in [-0.4, -0.2) is 10.5 Å². The third-order valence-corrected chi connectivity index (χ3v) is 0. The van der Waals surface area contributed by atoms with Gasteiger partial charge >= 0.3 is 18.9 Å². The van der Waals surface area contributed by atoms with E-state index in [1.165, 1.54) is 0 Å². The van der Waals surface area contributed by atoms with Crippen LogP contribution in [-0.2, 0) is 18.6 Å². The monoisotopic (exact) mass is 93.0 g/mol. The molecule has 0 heterocycles. The van der Waals surface area contributed by atoms with E-state index in [4.69, 9.17) is 10.5 Å². The van der Waals surface area contributed by atoms with Gasteiger partial charge in [0.05, 0.1) is 0 Å². The number of hydrogen-bond donors (Lipinski definition) is 2. The van der Waals surface area contributed by atoms with Crippen molar-refractivity contribution in [3.05, 3.63) is 0 Å². The Morgan fingerprint density at radius 1 is 1.25 bits per heavy atom. The van der Waals surface area contributed by atoms with Crippen LogP contribution in [0.1, 0.15) is 1.43 Å². The van der Waals surface area contributed by atoms with Crippen molar-refractivity contribution >= 4 is 0 Å². The molecular formula is H3LiO2V. The van der Waals surface area contributed by atoms with Crippen LogP contribution >= 0.6 is 0 Å². The Balaban J connectivity index is -0.00000000167. The van der Waals surface area contributed by atoms with Crippen LogP contribution in [0.4, 0.5) is 0 Å². The van der Waals surface area contributed by atoms with E-state index in [2.05, 4.69) is 0 Å². The summed E-state index contributed by atoms with van der Waals surface area (Å²) in [6.07, 6.45) is 0. The first kappa shape index (κ1) is 19.4. The molecule has 0 aromatic carbocycles. The van der Waals surface area contributed by atoms with Gasteiger partial charge in [-0.25, -0.2) is 0 Å². The van der Waals surface area contributed by atoms with Gasteiger partial charge in [-0.05, 0) is 0 Å². The maximum atomic E-state index is 6.00. The molecule has 2 nitrogen and oxygen atoms in total. The molecule has 2 N–H and O–H groups in total. The van der Waals surface area contributed by atoms with E-state index in [0.717, 1.165) is 0 Å². The Labute approximate surface area is 49.7 Å². The Kier molecular flexibility index (Phi) is 158. The average molecular weight is 92.9 g/mol. The molecule has 0 spiro atoms. The van der Waals surface area contributed by atoms with Crippen molar-refractivity contribution in [2.24, 2.45) is 0 Å². The van der Waals surface area contributed by atoms with Crippen molar-refractivity contribution in [1.82, 2.24) is 0 Å². The molecule has 0 aromatic heterocycles. The molecule has 0 saturated carbocycles. The zero-order valence-electron chi connectivity index (χ0n) is 3.34. The maximum absolute atomic E-state index is 6.00. The predicted molar refractivity (Wildman–Crippen MR) is 6.37 cm³/mol. The second-order valence-electron chi connectivity index (χ2n) is 0. The fraction of sp³-hybridized carbons (Fsp3) is 0. The van der Waals surface area contributed by atoms with Gasteiger partial charge in [-0.3, -0.25) is 10.5 Å². The molecule has 0 aliphatic heterocycles. The van der Waals surface area contributed by atoms with Gasteiger partial charge in [-0.15, -0.1) is 0 Å². The van der Waals surface area contributed by atoms with Crippen molar-refractivity contribution in [1.29, 1.82) is 0 Å². The fourth-order valence-electron chi connectivity index (χ4n) is 0. The molecule has 0 fully saturated rings. The zero-order chi connectivity index (χ0) is 2.00. The summed E-state index contributed by atoms with van der Waals surface area (Å²) in [5.41, 5.74) is 0. The third kappa shape index (κ3) is 11.3. The smallest absolute Gasteiger partial charge is 1.00 e. The predicted octanol–water partition coefficient (Wildman–Crippen LogP) is -2.87. The van der Waals surface area contributed by atoms with E-state index in [0.29, 0.717) is 0 Å². The van der Waals surface area contributed by atoms with Gasteiger partial charge in [0.2, 0.25) is 0 Å². The van der Waals surface area contributed by atoms with Gasteiger partial charge in [0, 0.05) is 18.6 Å². The van der Waals surface area contributed by atoms with E-state index in [-0.39, 0.29) is 38.8 Å². The van der Waals surface area contributed by atoms with Crippen LogP contribution < -0.4 is 18.9 Å². The second kappa shape index (κ2) is 32.5. The van der Waals surface area contributed by atoms with E-state index in [9.17, 15) is 0 Å². The minimum absolute atomic E-state index is 0. The molecule has 1 radical (unpaired) electrons. The molecule has 0 aromatic rings. The summed E-state index contributed by atoms with van der Waals surface area (Å²) in [6, 6.07) is 0. The largest absolute Gasteiger partial charge is 1.00 e. The molecule has 0 aliphatic rings. The molecule has 4 heteroatoms. The molecule has 21 valence electrons. The van der Waals surface area contributed by atoms with Crippen molar-refractivity contribution < 1.29 is 49.4 Å². The van der Waals surface area contributed by atoms with Gasteiger partial charge in [0.25, 0.3) is 0 Å². The summed E-state index contributed by atoms with van der Waals surface area (Å²) in [5, 5.41) is 12.0. The van der Waals surface area contributed by atoms with Crippen LogP contribution in [0, 0.1) is 0 Å². The van der Waals surface area contributed by atoms with Crippen LogP contribution in [0.3, 0.4) is 0 Å². The van der Waals surface area contributed by atoms with E-state index < -0.39 is 0 Å². The summed E-state index contributed by atoms with van der Waals surface area (Å²) in [4.78, 5) is 0. The summed E-state index contributed by atoms with van der Waals surface area (Å²) in [5.74, 6) is 0. The van der Waals surface area contributed by atoms with E-state index in [1.54, 1.807) is 0 Å². The normalized spacial score (nSPS) is 1.50. The molecule has 0 aliphatic carbocycles. The molecule has 0 atom stereocenters. The van der Waals surface area contributed by atoms with Crippen LogP contribution in [0.15, 0.2) is 0 Å². The molecule has 4 heavy (non-hydrogen) atoms. The molecule has 0 unspecified atom stereocenters. The summed E-state index contributed by atoms with van der Waals surface area (Å²) >= 11 is 0. The van der Waals surface area contributed by atoms with Gasteiger partial charge in [0.1, 0.15) is 0 Å². The van der Waals surface area contributed by atoms with Gasteiger partial charge in [0.15, 0.2) is 0 Å². The van der Waals surface area contributed by atoms with Crippen molar-refractivity contribution in [2.45, 2.75) is 0 Å². The van der Waals surface area contributed by atoms with Crippen molar-refractivity contribution in [2.75, 3.05) is 0 Å². The van der Waals surface area contributed by atoms with Crippen LogP contribution in [0.25, 0.3) is 0 Å². The van der Waals surface area contributed by atoms with Crippen LogP contribution in [0.5, 0.6) is 0 Å². The minimum atomic E-state index is 0. The second-order valence-corrected chi connectivity index (χ2v) is 0. The fourth-order valence-corrected chi connectivity index (χ4v) is 0. The van der Waals surface area contributed by atoms with Crippen molar-refractivity contribution in [3.8, 4) is 0 Å². The van der Waals surface area contributed by atoms with Crippen molar-refractivity contribution in [3.63, 3.8) is 0 Å². The first-order chi connectivity index (χ1) is 1.00. The summed E-state index contributed by atoms with van der Waals surface area (Å²) in [6.45, 7) is 0. The molecule has 0 rings (SSSR count). The maximum Gasteiger partial charge on any atom is 1.00 e. The van der Waals surface area contributed by atoms with Gasteiger partial charge in [-0.2, -0.15) is 0 Å². The third-order valence-electron chi connectivity index (χ3n) is 0. The minimum Gasteiger partial charge on any atom is -1.00 e. The molecule has 0 saturated heterocycles. The van der Waals surface area contributed by atoms with E-state index in [1.807, 2.05) is 0 Å². The quantitative estimate of drug-likeness (QED) is 0.192. The van der Waals surface area contributed by atoms with Gasteiger partial charge in [-0.1, -0.05) is 0 Å².